The van der Waals surface area contributed by atoms with Crippen molar-refractivity contribution < 1.29 is 24.5 Å². The molecule has 0 aromatic rings. The van der Waals surface area contributed by atoms with E-state index in [-0.39, 0.29) is 18.5 Å². The van der Waals surface area contributed by atoms with E-state index in [2.05, 4.69) is 19.2 Å². The van der Waals surface area contributed by atoms with Crippen molar-refractivity contribution in [1.82, 2.24) is 5.32 Å². The van der Waals surface area contributed by atoms with Crippen molar-refractivity contribution in [3.63, 3.8) is 0 Å². The van der Waals surface area contributed by atoms with Gasteiger partial charge >= 0.3 is 5.97 Å². The third-order valence-corrected chi connectivity index (χ3v) is 16.9. The van der Waals surface area contributed by atoms with Gasteiger partial charge in [0.1, 0.15) is 0 Å². The van der Waals surface area contributed by atoms with E-state index in [0.717, 1.165) is 38.5 Å². The summed E-state index contributed by atoms with van der Waals surface area (Å²) in [5, 5.41) is 23.2. The lowest BCUT2D eigenvalue weighted by atomic mass is 10.0. The summed E-state index contributed by atoms with van der Waals surface area (Å²) in [4.78, 5) is 24.5. The first-order chi connectivity index (χ1) is 37.5. The Bertz CT molecular complexity index is 1100. The van der Waals surface area contributed by atoms with E-state index < -0.39 is 12.1 Å². The van der Waals surface area contributed by atoms with Crippen LogP contribution in [0.2, 0.25) is 0 Å². The van der Waals surface area contributed by atoms with Gasteiger partial charge in [-0.15, -0.1) is 0 Å². The molecule has 6 nitrogen and oxygen atoms in total. The topological polar surface area (TPSA) is 95.9 Å². The number of hydrogen-bond acceptors (Lipinski definition) is 5. The zero-order valence-electron chi connectivity index (χ0n) is 52.0. The van der Waals surface area contributed by atoms with Crippen LogP contribution in [-0.4, -0.2) is 47.4 Å². The van der Waals surface area contributed by atoms with Gasteiger partial charge in [-0.1, -0.05) is 373 Å². The normalized spacial score (nSPS) is 12.4. The van der Waals surface area contributed by atoms with Crippen molar-refractivity contribution >= 4 is 11.9 Å². The summed E-state index contributed by atoms with van der Waals surface area (Å²) in [6.07, 6.45) is 80.3. The second-order valence-electron chi connectivity index (χ2n) is 24.6. The van der Waals surface area contributed by atoms with Crippen molar-refractivity contribution in [3.05, 3.63) is 0 Å². The number of carbonyl (C=O) groups is 2. The quantitative estimate of drug-likeness (QED) is 0.0417. The summed E-state index contributed by atoms with van der Waals surface area (Å²) in [6.45, 7) is 4.98. The fourth-order valence-corrected chi connectivity index (χ4v) is 11.5. The van der Waals surface area contributed by atoms with Gasteiger partial charge in [0, 0.05) is 12.8 Å². The average molecular weight is 1070 g/mol. The number of rotatable bonds is 67. The van der Waals surface area contributed by atoms with Crippen LogP contribution < -0.4 is 5.32 Å². The van der Waals surface area contributed by atoms with Crippen LogP contribution in [0, 0.1) is 0 Å². The van der Waals surface area contributed by atoms with Crippen molar-refractivity contribution in [2.24, 2.45) is 0 Å². The van der Waals surface area contributed by atoms with E-state index >= 15 is 0 Å². The number of amides is 1. The molecule has 0 fully saturated rings. The maximum atomic E-state index is 12.4. The Kier molecular flexibility index (Phi) is 65.4. The first-order valence-electron chi connectivity index (χ1n) is 35.3. The van der Waals surface area contributed by atoms with Crippen LogP contribution >= 0.6 is 0 Å². The summed E-state index contributed by atoms with van der Waals surface area (Å²) >= 11 is 0. The maximum Gasteiger partial charge on any atom is 0.305 e. The van der Waals surface area contributed by atoms with Gasteiger partial charge in [-0.25, -0.2) is 0 Å². The zero-order chi connectivity index (χ0) is 55.0. The van der Waals surface area contributed by atoms with Gasteiger partial charge < -0.3 is 20.3 Å². The summed E-state index contributed by atoms with van der Waals surface area (Å²) in [6, 6.07) is -0.535. The number of aliphatic hydroxyl groups excluding tert-OH is 2. The number of esters is 1. The highest BCUT2D eigenvalue weighted by atomic mass is 16.5. The molecule has 2 unspecified atom stereocenters. The molecule has 6 heteroatoms. The largest absolute Gasteiger partial charge is 0.466 e. The van der Waals surface area contributed by atoms with Crippen LogP contribution in [0.5, 0.6) is 0 Å². The van der Waals surface area contributed by atoms with Crippen molar-refractivity contribution in [3.8, 4) is 0 Å². The predicted octanol–water partition coefficient (Wildman–Crippen LogP) is 22.6. The van der Waals surface area contributed by atoms with Crippen LogP contribution in [0.3, 0.4) is 0 Å². The Morgan fingerprint density at radius 2 is 0.539 bits per heavy atom. The highest BCUT2D eigenvalue weighted by Gasteiger charge is 2.20. The minimum absolute atomic E-state index is 0.0262. The van der Waals surface area contributed by atoms with Gasteiger partial charge in [0.25, 0.3) is 0 Å². The number of aliphatic hydroxyl groups is 2. The molecule has 0 aliphatic heterocycles. The van der Waals surface area contributed by atoms with Crippen molar-refractivity contribution in [2.45, 2.75) is 424 Å². The number of unbranched alkanes of at least 4 members (excludes halogenated alkanes) is 56. The molecule has 3 N–H and O–H groups in total. The van der Waals surface area contributed by atoms with Crippen LogP contribution in [0.25, 0.3) is 0 Å². The van der Waals surface area contributed by atoms with Gasteiger partial charge in [-0.05, 0) is 25.7 Å². The first kappa shape index (κ1) is 74.9. The smallest absolute Gasteiger partial charge is 0.305 e. The first-order valence-corrected chi connectivity index (χ1v) is 35.3. The molecule has 2 atom stereocenters. The lowest BCUT2D eigenvalue weighted by Crippen LogP contribution is -2.45. The van der Waals surface area contributed by atoms with Crippen LogP contribution in [-0.2, 0) is 14.3 Å². The van der Waals surface area contributed by atoms with Gasteiger partial charge in [-0.3, -0.25) is 9.59 Å². The number of ether oxygens (including phenoxy) is 1. The lowest BCUT2D eigenvalue weighted by molar-refractivity contribution is -0.143. The highest BCUT2D eigenvalue weighted by Crippen LogP contribution is 2.20. The Labute approximate surface area is 476 Å². The Morgan fingerprint density at radius 3 is 0.803 bits per heavy atom. The van der Waals surface area contributed by atoms with Crippen LogP contribution in [0.15, 0.2) is 0 Å². The van der Waals surface area contributed by atoms with E-state index in [1.165, 1.54) is 340 Å². The van der Waals surface area contributed by atoms with E-state index in [1.54, 1.807) is 0 Å². The average Bonchev–Trinajstić information content (AvgIpc) is 3.42. The Balaban J connectivity index is 3.27. The SMILES string of the molecule is CCCCCCCCCCCCCCCCCCC(=O)OCCCCCCCCCCCCCCCCCCCCCCCCCCCCCCCCCCCC(=O)NC(CO)C(O)CCCCCCCCCCCC. The molecule has 76 heavy (non-hydrogen) atoms. The van der Waals surface area contributed by atoms with E-state index in [9.17, 15) is 19.8 Å². The molecular formula is C70H139NO5. The minimum Gasteiger partial charge on any atom is -0.466 e. The van der Waals surface area contributed by atoms with Gasteiger partial charge in [-0.2, -0.15) is 0 Å². The predicted molar refractivity (Wildman–Crippen MR) is 334 cm³/mol. The van der Waals surface area contributed by atoms with Gasteiger partial charge in [0.05, 0.1) is 25.4 Å². The second-order valence-corrected chi connectivity index (χ2v) is 24.6. The van der Waals surface area contributed by atoms with Crippen molar-refractivity contribution in [1.29, 1.82) is 0 Å². The van der Waals surface area contributed by atoms with Crippen LogP contribution in [0.4, 0.5) is 0 Å². The fraction of sp³-hybridized carbons (Fsp3) is 0.971. The molecule has 0 saturated carbocycles. The molecule has 1 amide bonds. The number of hydrogen-bond donors (Lipinski definition) is 3. The molecule has 0 aromatic carbocycles. The van der Waals surface area contributed by atoms with Crippen LogP contribution in [0.1, 0.15) is 412 Å². The summed E-state index contributed by atoms with van der Waals surface area (Å²) in [5.41, 5.74) is 0. The van der Waals surface area contributed by atoms with Crippen molar-refractivity contribution in [2.75, 3.05) is 13.2 Å². The second kappa shape index (κ2) is 66.4. The molecule has 0 radical (unpaired) electrons. The highest BCUT2D eigenvalue weighted by molar-refractivity contribution is 5.76. The fourth-order valence-electron chi connectivity index (χ4n) is 11.5. The Morgan fingerprint density at radius 1 is 0.316 bits per heavy atom. The molecule has 0 saturated heterocycles. The van der Waals surface area contributed by atoms with E-state index in [1.807, 2.05) is 0 Å². The van der Waals surface area contributed by atoms with Gasteiger partial charge in [0.2, 0.25) is 5.91 Å². The summed E-state index contributed by atoms with van der Waals surface area (Å²) in [7, 11) is 0. The molecule has 0 aliphatic carbocycles. The summed E-state index contributed by atoms with van der Waals surface area (Å²) < 4.78 is 5.51. The summed E-state index contributed by atoms with van der Waals surface area (Å²) in [5.74, 6) is -0.00305. The minimum atomic E-state index is -0.658. The number of carbonyl (C=O) groups excluding carboxylic acids is 2. The number of nitrogens with one attached hydrogen (secondary N) is 1. The third kappa shape index (κ3) is 62.1. The molecule has 0 rings (SSSR count). The lowest BCUT2D eigenvalue weighted by Gasteiger charge is -2.22. The van der Waals surface area contributed by atoms with Gasteiger partial charge in [0.15, 0.2) is 0 Å². The standard InChI is InChI=1S/C70H139NO5/c1-3-5-7-9-11-13-15-16-17-38-41-44-48-52-56-60-64-70(75)76-65-61-57-53-49-45-42-39-36-34-32-30-28-26-24-22-20-18-19-21-23-25-27-29-31-33-35-37-40-43-47-51-55-59-63-69(74)71-67(66-72)68(73)62-58-54-50-46-14-12-10-8-6-4-2/h67-68,72-73H,3-66H2,1-2H3,(H,71,74). The molecule has 0 bridgehead atoms. The maximum absolute atomic E-state index is 12.4. The molecule has 0 heterocycles. The van der Waals surface area contributed by atoms with E-state index in [4.69, 9.17) is 4.74 Å². The Hall–Kier alpha value is -1.14. The third-order valence-electron chi connectivity index (χ3n) is 16.9. The molecular weight excluding hydrogens is 935 g/mol. The molecule has 454 valence electrons. The van der Waals surface area contributed by atoms with E-state index in [0.29, 0.717) is 25.9 Å². The molecule has 0 spiro atoms. The molecule has 0 aliphatic rings. The zero-order valence-corrected chi connectivity index (χ0v) is 52.0. The molecule has 0 aromatic heterocycles. The monoisotopic (exact) mass is 1070 g/mol.